The van der Waals surface area contributed by atoms with Crippen LogP contribution in [0.4, 0.5) is 14.9 Å². The maximum atomic E-state index is 13.9. The lowest BCUT2D eigenvalue weighted by atomic mass is 10.2. The number of urea groups is 1. The van der Waals surface area contributed by atoms with Gasteiger partial charge in [0.2, 0.25) is 5.91 Å². The molecule has 0 unspecified atom stereocenters. The van der Waals surface area contributed by atoms with Crippen LogP contribution >= 0.6 is 0 Å². The number of carbonyl (C=O) groups excluding carboxylic acids is 2. The van der Waals surface area contributed by atoms with E-state index in [0.29, 0.717) is 31.7 Å². The molecule has 2 aromatic carbocycles. The van der Waals surface area contributed by atoms with Gasteiger partial charge >= 0.3 is 6.03 Å². The number of para-hydroxylation sites is 1. The molecule has 6 nitrogen and oxygen atoms in total. The zero-order valence-electron chi connectivity index (χ0n) is 16.3. The van der Waals surface area contributed by atoms with E-state index in [1.165, 1.54) is 6.07 Å². The molecule has 3 amide bonds. The highest BCUT2D eigenvalue weighted by Crippen LogP contribution is 2.18. The van der Waals surface area contributed by atoms with Crippen molar-refractivity contribution in [2.75, 3.05) is 50.7 Å². The second kappa shape index (κ2) is 8.51. The zero-order chi connectivity index (χ0) is 20.2. The fourth-order valence-corrected chi connectivity index (χ4v) is 3.87. The first kappa shape index (κ1) is 19.2. The Balaban J connectivity index is 1.28. The van der Waals surface area contributed by atoms with Crippen LogP contribution in [0.5, 0.6) is 0 Å². The second-order valence-electron chi connectivity index (χ2n) is 7.42. The Hall–Kier alpha value is -3.09. The zero-order valence-corrected chi connectivity index (χ0v) is 16.3. The molecule has 2 aliphatic rings. The fraction of sp³-hybridized carbons (Fsp3) is 0.364. The van der Waals surface area contributed by atoms with E-state index >= 15 is 0 Å². The maximum Gasteiger partial charge on any atom is 0.320 e. The third-order valence-electron chi connectivity index (χ3n) is 5.58. The minimum Gasteiger partial charge on any atom is -0.368 e. The van der Waals surface area contributed by atoms with E-state index in [1.54, 1.807) is 28.0 Å². The molecule has 7 heteroatoms. The quantitative estimate of drug-likeness (QED) is 0.780. The molecule has 2 heterocycles. The van der Waals surface area contributed by atoms with E-state index in [2.05, 4.69) is 17.0 Å². The first-order valence-electron chi connectivity index (χ1n) is 9.97. The third-order valence-corrected chi connectivity index (χ3v) is 5.58. The number of piperazine rings is 1. The molecular formula is C22H25FN4O2. The summed E-state index contributed by atoms with van der Waals surface area (Å²) in [6.45, 7) is 4.16. The Kier molecular flexibility index (Phi) is 5.64. The molecule has 2 fully saturated rings. The van der Waals surface area contributed by atoms with Crippen molar-refractivity contribution in [1.29, 1.82) is 0 Å². The van der Waals surface area contributed by atoms with Crippen molar-refractivity contribution < 1.29 is 14.0 Å². The van der Waals surface area contributed by atoms with Gasteiger partial charge in [0.25, 0.3) is 0 Å². The van der Waals surface area contributed by atoms with Crippen molar-refractivity contribution in [1.82, 2.24) is 14.7 Å². The van der Waals surface area contributed by atoms with Gasteiger partial charge in [-0.15, -0.1) is 0 Å². The number of anilines is 1. The molecule has 0 aliphatic carbocycles. The van der Waals surface area contributed by atoms with Crippen LogP contribution in [-0.4, -0.2) is 72.5 Å². The van der Waals surface area contributed by atoms with E-state index in [1.807, 2.05) is 23.1 Å². The van der Waals surface area contributed by atoms with Crippen molar-refractivity contribution >= 4 is 17.6 Å². The molecule has 4 rings (SSSR count). The standard InChI is InChI=1S/C22H25FN4O2/c23-20-9-5-4-6-18(20)16-26-14-15-27(22(26)29)17-21(28)25-12-10-24(11-13-25)19-7-2-1-3-8-19/h1-9H,10-17H2. The van der Waals surface area contributed by atoms with Gasteiger partial charge in [0, 0.05) is 50.5 Å². The van der Waals surface area contributed by atoms with E-state index in [4.69, 9.17) is 0 Å². The summed E-state index contributed by atoms with van der Waals surface area (Å²) in [6.07, 6.45) is 0. The Morgan fingerprint density at radius 1 is 0.828 bits per heavy atom. The van der Waals surface area contributed by atoms with Crippen LogP contribution in [0.3, 0.4) is 0 Å². The molecule has 2 aliphatic heterocycles. The fourth-order valence-electron chi connectivity index (χ4n) is 3.87. The average molecular weight is 396 g/mol. The van der Waals surface area contributed by atoms with Gasteiger partial charge in [-0.2, -0.15) is 0 Å². The number of hydrogen-bond acceptors (Lipinski definition) is 3. The molecule has 2 aromatic rings. The van der Waals surface area contributed by atoms with Crippen LogP contribution in [0.15, 0.2) is 54.6 Å². The van der Waals surface area contributed by atoms with E-state index < -0.39 is 0 Å². The molecule has 0 saturated carbocycles. The van der Waals surface area contributed by atoms with Gasteiger partial charge in [-0.05, 0) is 18.2 Å². The van der Waals surface area contributed by atoms with Crippen molar-refractivity contribution in [3.63, 3.8) is 0 Å². The van der Waals surface area contributed by atoms with Crippen molar-refractivity contribution in [3.05, 3.63) is 66.0 Å². The summed E-state index contributed by atoms with van der Waals surface area (Å²) in [5.74, 6) is -0.343. The smallest absolute Gasteiger partial charge is 0.320 e. The van der Waals surface area contributed by atoms with Gasteiger partial charge in [-0.3, -0.25) is 4.79 Å². The largest absolute Gasteiger partial charge is 0.368 e. The normalized spacial score (nSPS) is 17.2. The topological polar surface area (TPSA) is 47.1 Å². The Bertz CT molecular complexity index is 868. The number of hydrogen-bond donors (Lipinski definition) is 0. The average Bonchev–Trinajstić information content (AvgIpc) is 3.10. The first-order chi connectivity index (χ1) is 14.1. The molecule has 0 bridgehead atoms. The van der Waals surface area contributed by atoms with Crippen LogP contribution in [-0.2, 0) is 11.3 Å². The van der Waals surface area contributed by atoms with E-state index in [-0.39, 0.29) is 30.8 Å². The predicted molar refractivity (Wildman–Crippen MR) is 109 cm³/mol. The summed E-state index contributed by atoms with van der Waals surface area (Å²) in [7, 11) is 0. The number of halogens is 1. The number of rotatable bonds is 5. The Labute approximate surface area is 170 Å². The van der Waals surface area contributed by atoms with Crippen LogP contribution in [0, 0.1) is 5.82 Å². The van der Waals surface area contributed by atoms with Crippen molar-refractivity contribution in [3.8, 4) is 0 Å². The highest BCUT2D eigenvalue weighted by Gasteiger charge is 2.32. The highest BCUT2D eigenvalue weighted by atomic mass is 19.1. The molecule has 0 aromatic heterocycles. The number of benzene rings is 2. The van der Waals surface area contributed by atoms with Crippen LogP contribution in [0.1, 0.15) is 5.56 Å². The van der Waals surface area contributed by atoms with Crippen LogP contribution < -0.4 is 4.90 Å². The predicted octanol–water partition coefficient (Wildman–Crippen LogP) is 2.41. The summed E-state index contributed by atoms with van der Waals surface area (Å²) < 4.78 is 13.9. The van der Waals surface area contributed by atoms with Crippen molar-refractivity contribution in [2.45, 2.75) is 6.54 Å². The Morgan fingerprint density at radius 3 is 2.21 bits per heavy atom. The summed E-state index contributed by atoms with van der Waals surface area (Å²) in [6, 6.07) is 16.4. The van der Waals surface area contributed by atoms with Gasteiger partial charge in [0.1, 0.15) is 12.4 Å². The van der Waals surface area contributed by atoms with E-state index in [9.17, 15) is 14.0 Å². The first-order valence-corrected chi connectivity index (χ1v) is 9.97. The van der Waals surface area contributed by atoms with Gasteiger partial charge in [0.05, 0.1) is 6.54 Å². The summed E-state index contributed by atoms with van der Waals surface area (Å²) in [5, 5.41) is 0. The third kappa shape index (κ3) is 4.34. The number of amides is 3. The van der Waals surface area contributed by atoms with Crippen LogP contribution in [0.25, 0.3) is 0 Å². The molecule has 0 radical (unpaired) electrons. The van der Waals surface area contributed by atoms with Gasteiger partial charge in [0.15, 0.2) is 0 Å². The Morgan fingerprint density at radius 2 is 1.48 bits per heavy atom. The molecule has 152 valence electrons. The number of nitrogens with zero attached hydrogens (tertiary/aromatic N) is 4. The second-order valence-corrected chi connectivity index (χ2v) is 7.42. The lowest BCUT2D eigenvalue weighted by Crippen LogP contribution is -2.51. The number of carbonyl (C=O) groups is 2. The van der Waals surface area contributed by atoms with Crippen molar-refractivity contribution in [2.24, 2.45) is 0 Å². The van der Waals surface area contributed by atoms with Gasteiger partial charge < -0.3 is 19.6 Å². The van der Waals surface area contributed by atoms with Crippen LogP contribution in [0.2, 0.25) is 0 Å². The summed E-state index contributed by atoms with van der Waals surface area (Å²) in [4.78, 5) is 32.6. The minimum atomic E-state index is -0.314. The molecule has 29 heavy (non-hydrogen) atoms. The van der Waals surface area contributed by atoms with Gasteiger partial charge in [-0.1, -0.05) is 36.4 Å². The molecule has 2 saturated heterocycles. The SMILES string of the molecule is O=C(CN1CCN(Cc2ccccc2F)C1=O)N1CCN(c2ccccc2)CC1. The highest BCUT2D eigenvalue weighted by molar-refractivity contribution is 5.85. The van der Waals surface area contributed by atoms with E-state index in [0.717, 1.165) is 18.8 Å². The summed E-state index contributed by atoms with van der Waals surface area (Å²) in [5.41, 5.74) is 1.66. The minimum absolute atomic E-state index is 0.0289. The molecule has 0 N–H and O–H groups in total. The monoisotopic (exact) mass is 396 g/mol. The molecular weight excluding hydrogens is 371 g/mol. The lowest BCUT2D eigenvalue weighted by molar-refractivity contribution is -0.131. The van der Waals surface area contributed by atoms with Gasteiger partial charge in [-0.25, -0.2) is 9.18 Å². The maximum absolute atomic E-state index is 13.9. The molecule has 0 spiro atoms. The molecule has 0 atom stereocenters. The summed E-state index contributed by atoms with van der Waals surface area (Å²) >= 11 is 0. The lowest BCUT2D eigenvalue weighted by Gasteiger charge is -2.36.